The van der Waals surface area contributed by atoms with Gasteiger partial charge in [-0.15, -0.1) is 0 Å². The summed E-state index contributed by atoms with van der Waals surface area (Å²) >= 11 is 0. The highest BCUT2D eigenvalue weighted by atomic mass is 16.5. The second kappa shape index (κ2) is 8.68. The van der Waals surface area contributed by atoms with Crippen molar-refractivity contribution < 1.29 is 14.6 Å². The predicted octanol–water partition coefficient (Wildman–Crippen LogP) is 1.43. The number of aromatic hydroxyl groups is 1. The van der Waals surface area contributed by atoms with E-state index in [-0.39, 0.29) is 35.9 Å². The number of ether oxygens (including phenoxy) is 1. The summed E-state index contributed by atoms with van der Waals surface area (Å²) in [6.45, 7) is 1.10. The van der Waals surface area contributed by atoms with Gasteiger partial charge in [-0.25, -0.2) is 0 Å². The minimum atomic E-state index is -0.247. The van der Waals surface area contributed by atoms with E-state index < -0.39 is 0 Å². The van der Waals surface area contributed by atoms with E-state index in [0.717, 1.165) is 12.6 Å². The lowest BCUT2D eigenvalue weighted by Gasteiger charge is -2.13. The van der Waals surface area contributed by atoms with Gasteiger partial charge in [-0.3, -0.25) is 14.8 Å². The number of amides is 1. The molecule has 2 N–H and O–H groups in total. The molecule has 0 aromatic carbocycles. The third kappa shape index (κ3) is 4.45. The van der Waals surface area contributed by atoms with Gasteiger partial charge in [0.2, 0.25) is 11.8 Å². The van der Waals surface area contributed by atoms with Crippen LogP contribution in [0, 0.1) is 22.7 Å². The van der Waals surface area contributed by atoms with Crippen molar-refractivity contribution in [3.8, 4) is 18.0 Å². The van der Waals surface area contributed by atoms with E-state index in [1.54, 1.807) is 17.2 Å². The maximum Gasteiger partial charge on any atom is 0.326 e. The summed E-state index contributed by atoms with van der Waals surface area (Å²) < 4.78 is 5.40. The van der Waals surface area contributed by atoms with Crippen LogP contribution in [0.4, 0.5) is 0 Å². The van der Waals surface area contributed by atoms with E-state index in [2.05, 4.69) is 19.9 Å². The Kier molecular flexibility index (Phi) is 5.86. The number of nitrogens with one attached hydrogen (secondary N) is 1. The summed E-state index contributed by atoms with van der Waals surface area (Å²) in [5, 5.41) is 26.4. The van der Waals surface area contributed by atoms with Crippen LogP contribution in [0.2, 0.25) is 0 Å². The molecule has 2 aromatic rings. The van der Waals surface area contributed by atoms with Crippen LogP contribution >= 0.6 is 0 Å². The van der Waals surface area contributed by atoms with E-state index in [4.69, 9.17) is 15.4 Å². The lowest BCUT2D eigenvalue weighted by atomic mass is 10.1. The van der Waals surface area contributed by atoms with Gasteiger partial charge in [0, 0.05) is 31.4 Å². The topological polar surface area (TPSA) is 148 Å². The second-order valence-corrected chi connectivity index (χ2v) is 6.02. The number of carbonyl (C=O) groups excluding carboxylic acids is 1. The SMILES string of the molecule is N#CCC(=O)N1CCC(/C=N/C=C(\C=N)Oc2nc(O)c3ccncc3n2)C1. The first kappa shape index (κ1) is 18.9. The third-order valence-electron chi connectivity index (χ3n) is 4.12. The van der Waals surface area contributed by atoms with Crippen LogP contribution in [-0.2, 0) is 4.79 Å². The van der Waals surface area contributed by atoms with Gasteiger partial charge < -0.3 is 20.2 Å². The molecule has 3 heterocycles. The molecule has 0 radical (unpaired) electrons. The smallest absolute Gasteiger partial charge is 0.326 e. The Morgan fingerprint density at radius 1 is 1.54 bits per heavy atom. The second-order valence-electron chi connectivity index (χ2n) is 6.02. The highest BCUT2D eigenvalue weighted by Crippen LogP contribution is 2.23. The number of hydrogen-bond donors (Lipinski definition) is 2. The largest absolute Gasteiger partial charge is 0.493 e. The van der Waals surface area contributed by atoms with Gasteiger partial charge in [-0.1, -0.05) is 0 Å². The first-order valence-electron chi connectivity index (χ1n) is 8.48. The minimum Gasteiger partial charge on any atom is -0.493 e. The molecule has 10 nitrogen and oxygen atoms in total. The Labute approximate surface area is 160 Å². The summed E-state index contributed by atoms with van der Waals surface area (Å²) in [7, 11) is 0. The Bertz CT molecular complexity index is 996. The molecule has 0 saturated carbocycles. The number of nitrogens with zero attached hydrogens (tertiary/aromatic N) is 6. The molecule has 1 fully saturated rings. The molecule has 3 rings (SSSR count). The molecule has 2 aromatic heterocycles. The van der Waals surface area contributed by atoms with Crippen molar-refractivity contribution in [3.05, 3.63) is 30.4 Å². The molecule has 0 bridgehead atoms. The van der Waals surface area contributed by atoms with Crippen LogP contribution in [0.3, 0.4) is 0 Å². The van der Waals surface area contributed by atoms with Gasteiger partial charge in [-0.05, 0) is 12.5 Å². The van der Waals surface area contributed by atoms with E-state index in [1.807, 2.05) is 6.07 Å². The number of aliphatic imine (C=N–C) groups is 1. The number of hydrogen-bond acceptors (Lipinski definition) is 9. The van der Waals surface area contributed by atoms with E-state index in [9.17, 15) is 9.90 Å². The first-order chi connectivity index (χ1) is 13.6. The van der Waals surface area contributed by atoms with Crippen molar-refractivity contribution in [2.45, 2.75) is 12.8 Å². The van der Waals surface area contributed by atoms with E-state index in [1.165, 1.54) is 18.6 Å². The zero-order chi connectivity index (χ0) is 19.9. The average Bonchev–Trinajstić information content (AvgIpc) is 3.16. The summed E-state index contributed by atoms with van der Waals surface area (Å²) in [6, 6.07) is 3.31. The summed E-state index contributed by atoms with van der Waals surface area (Å²) in [5.74, 6) is -0.282. The average molecular weight is 379 g/mol. The Morgan fingerprint density at radius 3 is 3.18 bits per heavy atom. The minimum absolute atomic E-state index is 0.0675. The molecule has 0 spiro atoms. The van der Waals surface area contributed by atoms with Crippen molar-refractivity contribution in [1.82, 2.24) is 19.9 Å². The molecule has 10 heteroatoms. The molecular weight excluding hydrogens is 362 g/mol. The number of carbonyl (C=O) groups is 1. The van der Waals surface area contributed by atoms with Gasteiger partial charge in [-0.2, -0.15) is 15.2 Å². The molecular formula is C18H17N7O3. The number of pyridine rings is 1. The van der Waals surface area contributed by atoms with E-state index >= 15 is 0 Å². The van der Waals surface area contributed by atoms with Crippen LogP contribution in [0.1, 0.15) is 12.8 Å². The summed E-state index contributed by atoms with van der Waals surface area (Å²) in [5.41, 5.74) is 0.408. The van der Waals surface area contributed by atoms with Gasteiger partial charge >= 0.3 is 6.01 Å². The molecule has 28 heavy (non-hydrogen) atoms. The van der Waals surface area contributed by atoms with Gasteiger partial charge in [0.1, 0.15) is 6.42 Å². The number of aromatic nitrogens is 3. The van der Waals surface area contributed by atoms with Crippen molar-refractivity contribution in [2.75, 3.05) is 13.1 Å². The molecule has 1 amide bonds. The van der Waals surface area contributed by atoms with Gasteiger partial charge in [0.15, 0.2) is 5.76 Å². The van der Waals surface area contributed by atoms with Gasteiger partial charge in [0.25, 0.3) is 0 Å². The fourth-order valence-corrected chi connectivity index (χ4v) is 2.74. The highest BCUT2D eigenvalue weighted by molar-refractivity contribution is 5.82. The zero-order valence-corrected chi connectivity index (χ0v) is 14.8. The monoisotopic (exact) mass is 379 g/mol. The fourth-order valence-electron chi connectivity index (χ4n) is 2.74. The van der Waals surface area contributed by atoms with Crippen LogP contribution < -0.4 is 4.74 Å². The number of fused-ring (bicyclic) bond motifs is 1. The van der Waals surface area contributed by atoms with Crippen molar-refractivity contribution >= 4 is 29.2 Å². The normalized spacial score (nSPS) is 17.0. The summed E-state index contributed by atoms with van der Waals surface area (Å²) in [6.07, 6.45) is 7.57. The summed E-state index contributed by atoms with van der Waals surface area (Å²) in [4.78, 5) is 29.4. The van der Waals surface area contributed by atoms with Crippen LogP contribution in [-0.4, -0.2) is 56.4 Å². The van der Waals surface area contributed by atoms with Gasteiger partial charge in [0.05, 0.1) is 35.6 Å². The van der Waals surface area contributed by atoms with Crippen LogP contribution in [0.15, 0.2) is 35.4 Å². The highest BCUT2D eigenvalue weighted by Gasteiger charge is 2.24. The van der Waals surface area contributed by atoms with Crippen LogP contribution in [0.5, 0.6) is 11.9 Å². The molecule has 142 valence electrons. The van der Waals surface area contributed by atoms with Crippen molar-refractivity contribution in [2.24, 2.45) is 10.9 Å². The maximum atomic E-state index is 11.7. The molecule has 0 aliphatic carbocycles. The molecule has 1 atom stereocenters. The van der Waals surface area contributed by atoms with E-state index in [0.29, 0.717) is 24.0 Å². The molecule has 1 aliphatic heterocycles. The molecule has 1 unspecified atom stereocenters. The number of likely N-dealkylation sites (tertiary alicyclic amines) is 1. The van der Waals surface area contributed by atoms with Crippen molar-refractivity contribution in [1.29, 1.82) is 10.7 Å². The lowest BCUT2D eigenvalue weighted by molar-refractivity contribution is -0.129. The Balaban J connectivity index is 1.65. The number of rotatable bonds is 6. The maximum absolute atomic E-state index is 11.7. The van der Waals surface area contributed by atoms with Crippen LogP contribution in [0.25, 0.3) is 10.9 Å². The predicted molar refractivity (Wildman–Crippen MR) is 99.9 cm³/mol. The third-order valence-corrected chi connectivity index (χ3v) is 4.12. The zero-order valence-electron chi connectivity index (χ0n) is 14.8. The molecule has 1 saturated heterocycles. The first-order valence-corrected chi connectivity index (χ1v) is 8.48. The standard InChI is InChI=1S/C18H17N7O3/c19-4-1-16(26)25-6-3-12(11-25)8-22-9-13(7-20)28-18-23-15-10-21-5-2-14(15)17(27)24-18/h2,5,7-10,12,20H,1,3,6,11H2,(H,23,24,27)/b13-9+,20-7?,22-8+. The quantitative estimate of drug-likeness (QED) is 0.569. The Hall–Kier alpha value is -3.87. The number of nitriles is 1. The number of allylic oxidation sites excluding steroid dienone is 1. The Morgan fingerprint density at radius 2 is 2.39 bits per heavy atom. The fraction of sp³-hybridized carbons (Fsp3) is 0.278. The van der Waals surface area contributed by atoms with Crippen molar-refractivity contribution in [3.63, 3.8) is 0 Å². The molecule has 1 aliphatic rings. The lowest BCUT2D eigenvalue weighted by Crippen LogP contribution is -2.28.